The van der Waals surface area contributed by atoms with Crippen LogP contribution in [0.3, 0.4) is 0 Å². The lowest BCUT2D eigenvalue weighted by molar-refractivity contribution is -0.120. The number of imide groups is 1. The number of benzene rings is 2. The minimum Gasteiger partial charge on any atom is -0.386 e. The molecule has 1 heterocycles. The first-order chi connectivity index (χ1) is 13.3. The monoisotopic (exact) mass is 373 g/mol. The molecule has 0 unspecified atom stereocenters. The average molecular weight is 373 g/mol. The fourth-order valence-corrected chi connectivity index (χ4v) is 2.94. The molecule has 0 radical (unpaired) electrons. The van der Waals surface area contributed by atoms with E-state index in [1.807, 2.05) is 60.7 Å². The van der Waals surface area contributed by atoms with E-state index >= 15 is 0 Å². The summed E-state index contributed by atoms with van der Waals surface area (Å²) in [6, 6.07) is 15.0. The fraction of sp³-hybridized carbons (Fsp3) is 0.167. The number of allylic oxidation sites excluding steroid dienone is 2. The highest BCUT2D eigenvalue weighted by atomic mass is 16.3. The Morgan fingerprint density at radius 2 is 1.43 bits per heavy atom. The molecule has 2 aromatic rings. The number of nitrogens with zero attached hydrogens (tertiary/aromatic N) is 1. The molecule has 28 heavy (non-hydrogen) atoms. The quantitative estimate of drug-likeness (QED) is 0.478. The Bertz CT molecular complexity index is 958. The second-order valence-electron chi connectivity index (χ2n) is 7.31. The SMILES string of the molecule is C=C1CC(=O)N(c2ccc(/C=C/C=C/c3ccc(C(C)(C)O)cc3)cc2)C1=O. The highest BCUT2D eigenvalue weighted by Crippen LogP contribution is 2.25. The van der Waals surface area contributed by atoms with E-state index in [4.69, 9.17) is 0 Å². The summed E-state index contributed by atoms with van der Waals surface area (Å²) in [5, 5.41) is 9.98. The van der Waals surface area contributed by atoms with Gasteiger partial charge in [-0.15, -0.1) is 0 Å². The molecule has 4 nitrogen and oxygen atoms in total. The molecule has 0 aliphatic carbocycles. The number of carbonyl (C=O) groups excluding carboxylic acids is 2. The number of hydrogen-bond donors (Lipinski definition) is 1. The van der Waals surface area contributed by atoms with Gasteiger partial charge in [-0.05, 0) is 42.7 Å². The standard InChI is InChI=1S/C24H23NO3/c1-17-16-22(26)25(23(17)27)21-14-10-19(11-15-21)7-5-4-6-18-8-12-20(13-9-18)24(2,3)28/h4-15,28H,1,16H2,2-3H3/b6-4+,7-5+. The molecule has 2 amide bonds. The third kappa shape index (κ3) is 4.35. The minimum atomic E-state index is -0.841. The van der Waals surface area contributed by atoms with Crippen molar-refractivity contribution < 1.29 is 14.7 Å². The van der Waals surface area contributed by atoms with Crippen LogP contribution >= 0.6 is 0 Å². The van der Waals surface area contributed by atoms with Crippen LogP contribution in [0.4, 0.5) is 5.69 Å². The first-order valence-electron chi connectivity index (χ1n) is 9.08. The van der Waals surface area contributed by atoms with E-state index in [1.54, 1.807) is 26.0 Å². The maximum Gasteiger partial charge on any atom is 0.260 e. The van der Waals surface area contributed by atoms with Gasteiger partial charge in [0.2, 0.25) is 5.91 Å². The Morgan fingerprint density at radius 1 is 0.929 bits per heavy atom. The van der Waals surface area contributed by atoms with Crippen LogP contribution in [0.2, 0.25) is 0 Å². The molecule has 0 atom stereocenters. The lowest BCUT2D eigenvalue weighted by Gasteiger charge is -2.17. The summed E-state index contributed by atoms with van der Waals surface area (Å²) < 4.78 is 0. The van der Waals surface area contributed by atoms with E-state index in [0.29, 0.717) is 11.3 Å². The van der Waals surface area contributed by atoms with Crippen molar-refractivity contribution in [2.24, 2.45) is 0 Å². The van der Waals surface area contributed by atoms with Gasteiger partial charge < -0.3 is 5.11 Å². The largest absolute Gasteiger partial charge is 0.386 e. The molecule has 1 aliphatic heterocycles. The van der Waals surface area contributed by atoms with Gasteiger partial charge in [-0.2, -0.15) is 0 Å². The van der Waals surface area contributed by atoms with Gasteiger partial charge in [-0.3, -0.25) is 9.59 Å². The highest BCUT2D eigenvalue weighted by Gasteiger charge is 2.33. The van der Waals surface area contributed by atoms with Crippen molar-refractivity contribution in [1.82, 2.24) is 0 Å². The zero-order valence-corrected chi connectivity index (χ0v) is 16.1. The van der Waals surface area contributed by atoms with Crippen LogP contribution in [0, 0.1) is 0 Å². The van der Waals surface area contributed by atoms with E-state index in [0.717, 1.165) is 16.7 Å². The van der Waals surface area contributed by atoms with Crippen molar-refractivity contribution in [2.75, 3.05) is 4.90 Å². The van der Waals surface area contributed by atoms with Gasteiger partial charge in [-0.25, -0.2) is 4.90 Å². The molecule has 1 N–H and O–H groups in total. The van der Waals surface area contributed by atoms with E-state index < -0.39 is 5.60 Å². The van der Waals surface area contributed by atoms with Crippen molar-refractivity contribution in [1.29, 1.82) is 0 Å². The third-order valence-electron chi connectivity index (χ3n) is 4.58. The zero-order valence-electron chi connectivity index (χ0n) is 16.1. The smallest absolute Gasteiger partial charge is 0.260 e. The van der Waals surface area contributed by atoms with Gasteiger partial charge in [0.05, 0.1) is 17.7 Å². The molecule has 1 aliphatic rings. The summed E-state index contributed by atoms with van der Waals surface area (Å²) in [7, 11) is 0. The summed E-state index contributed by atoms with van der Waals surface area (Å²) in [5.41, 5.74) is 2.93. The van der Waals surface area contributed by atoms with Crippen LogP contribution in [-0.2, 0) is 15.2 Å². The molecular formula is C24H23NO3. The summed E-state index contributed by atoms with van der Waals surface area (Å²) in [5.74, 6) is -0.566. The van der Waals surface area contributed by atoms with Crippen LogP contribution in [-0.4, -0.2) is 16.9 Å². The Balaban J connectivity index is 1.63. The van der Waals surface area contributed by atoms with Crippen LogP contribution < -0.4 is 4.90 Å². The van der Waals surface area contributed by atoms with Gasteiger partial charge in [0, 0.05) is 5.57 Å². The molecular weight excluding hydrogens is 350 g/mol. The Hall–Kier alpha value is -3.24. The molecule has 0 bridgehead atoms. The number of amides is 2. The molecule has 1 saturated heterocycles. The first-order valence-corrected chi connectivity index (χ1v) is 9.08. The van der Waals surface area contributed by atoms with Crippen LogP contribution in [0.1, 0.15) is 37.0 Å². The van der Waals surface area contributed by atoms with E-state index in [1.165, 1.54) is 4.90 Å². The molecule has 0 saturated carbocycles. The predicted octanol–water partition coefficient (Wildman–Crippen LogP) is 4.46. The zero-order chi connectivity index (χ0) is 20.3. The third-order valence-corrected chi connectivity index (χ3v) is 4.58. The number of carbonyl (C=O) groups is 2. The van der Waals surface area contributed by atoms with Crippen molar-refractivity contribution >= 4 is 29.7 Å². The van der Waals surface area contributed by atoms with Gasteiger partial charge >= 0.3 is 0 Å². The highest BCUT2D eigenvalue weighted by molar-refractivity contribution is 6.27. The van der Waals surface area contributed by atoms with E-state index in [9.17, 15) is 14.7 Å². The molecule has 0 aromatic heterocycles. The lowest BCUT2D eigenvalue weighted by Crippen LogP contribution is -2.28. The van der Waals surface area contributed by atoms with Crippen molar-refractivity contribution in [2.45, 2.75) is 25.9 Å². The molecule has 3 rings (SSSR count). The molecule has 0 spiro atoms. The Kier molecular flexibility index (Phi) is 5.43. The second-order valence-corrected chi connectivity index (χ2v) is 7.31. The normalized spacial score (nSPS) is 15.4. The van der Waals surface area contributed by atoms with Crippen molar-refractivity contribution in [3.05, 3.63) is 89.5 Å². The van der Waals surface area contributed by atoms with E-state index in [2.05, 4.69) is 6.58 Å². The fourth-order valence-electron chi connectivity index (χ4n) is 2.94. The lowest BCUT2D eigenvalue weighted by atomic mass is 9.97. The minimum absolute atomic E-state index is 0.0854. The molecule has 4 heteroatoms. The van der Waals surface area contributed by atoms with Crippen LogP contribution in [0.5, 0.6) is 0 Å². The summed E-state index contributed by atoms with van der Waals surface area (Å²) >= 11 is 0. The van der Waals surface area contributed by atoms with Crippen molar-refractivity contribution in [3.63, 3.8) is 0 Å². The maximum absolute atomic E-state index is 12.0. The number of rotatable bonds is 5. The topological polar surface area (TPSA) is 57.6 Å². The summed E-state index contributed by atoms with van der Waals surface area (Å²) in [6.45, 7) is 7.15. The van der Waals surface area contributed by atoms with Gasteiger partial charge in [0.1, 0.15) is 0 Å². The van der Waals surface area contributed by atoms with Gasteiger partial charge in [-0.1, -0.05) is 67.3 Å². The maximum atomic E-state index is 12.0. The first kappa shape index (κ1) is 19.5. The van der Waals surface area contributed by atoms with Crippen molar-refractivity contribution in [3.8, 4) is 0 Å². The number of hydrogen-bond acceptors (Lipinski definition) is 3. The van der Waals surface area contributed by atoms with Crippen LogP contribution in [0.15, 0.2) is 72.8 Å². The molecule has 1 fully saturated rings. The molecule has 142 valence electrons. The summed E-state index contributed by atoms with van der Waals surface area (Å²) in [6.07, 6.45) is 7.86. The second kappa shape index (κ2) is 7.79. The van der Waals surface area contributed by atoms with E-state index in [-0.39, 0.29) is 18.2 Å². The number of aliphatic hydroxyl groups is 1. The van der Waals surface area contributed by atoms with Gasteiger partial charge in [0.25, 0.3) is 5.91 Å². The number of anilines is 1. The summed E-state index contributed by atoms with van der Waals surface area (Å²) in [4.78, 5) is 25.1. The van der Waals surface area contributed by atoms with Gasteiger partial charge in [0.15, 0.2) is 0 Å². The molecule has 2 aromatic carbocycles. The average Bonchev–Trinajstić information content (AvgIpc) is 2.91. The predicted molar refractivity (Wildman–Crippen MR) is 112 cm³/mol. The Morgan fingerprint density at radius 3 is 1.86 bits per heavy atom. The van der Waals surface area contributed by atoms with Crippen LogP contribution in [0.25, 0.3) is 12.2 Å². The Labute approximate surface area is 165 Å².